The van der Waals surface area contributed by atoms with E-state index in [2.05, 4.69) is 68.0 Å². The Bertz CT molecular complexity index is 1060. The van der Waals surface area contributed by atoms with Gasteiger partial charge in [-0.05, 0) is 33.5 Å². The zero-order valence-corrected chi connectivity index (χ0v) is 16.3. The lowest BCUT2D eigenvalue weighted by molar-refractivity contribution is 0.420. The number of aromatic amines is 1. The molecule has 0 radical (unpaired) electrons. The monoisotopic (exact) mass is 389 g/mol. The second-order valence-electron chi connectivity index (χ2n) is 6.93. The third-order valence-corrected chi connectivity index (χ3v) is 4.87. The summed E-state index contributed by atoms with van der Waals surface area (Å²) in [6.45, 7) is 2.94. The van der Waals surface area contributed by atoms with Crippen molar-refractivity contribution < 1.29 is 5.11 Å². The maximum Gasteiger partial charge on any atom is 0.333 e. The van der Waals surface area contributed by atoms with Crippen LogP contribution in [0, 0.1) is 0 Å². The van der Waals surface area contributed by atoms with E-state index in [1.807, 2.05) is 22.9 Å². The molecule has 0 saturated carbocycles. The van der Waals surface area contributed by atoms with E-state index in [0.717, 1.165) is 53.9 Å². The number of hydrogen-bond acceptors (Lipinski definition) is 6. The molecule has 0 amide bonds. The van der Waals surface area contributed by atoms with E-state index in [1.165, 1.54) is 0 Å². The smallest absolute Gasteiger partial charge is 0.333 e. The number of rotatable bonds is 8. The van der Waals surface area contributed by atoms with E-state index in [4.69, 9.17) is 0 Å². The molecule has 2 aromatic heterocycles. The molecule has 8 nitrogen and oxygen atoms in total. The van der Waals surface area contributed by atoms with Crippen LogP contribution in [0.25, 0.3) is 22.5 Å². The molecule has 29 heavy (non-hydrogen) atoms. The summed E-state index contributed by atoms with van der Waals surface area (Å²) in [5.74, 6) is 1.42. The number of H-pyrrole nitrogens is 1. The standard InChI is InChI=1S/C21H23N7O/c1-2-3-6-13-28-19(22-21(29)25-28)14-15-9-11-16(12-10-15)17-7-4-5-8-18(17)20-23-26-27-24-20/h4-5,7-12H,2-3,6,13-14H2,1H3,(H,25,29)(H,23,24,26,27). The van der Waals surface area contributed by atoms with E-state index < -0.39 is 0 Å². The molecule has 0 spiro atoms. The zero-order valence-electron chi connectivity index (χ0n) is 16.3. The summed E-state index contributed by atoms with van der Waals surface area (Å²) in [6.07, 6.45) is 3.92. The quantitative estimate of drug-likeness (QED) is 0.446. The molecule has 4 rings (SSSR count). The lowest BCUT2D eigenvalue weighted by Crippen LogP contribution is -2.06. The van der Waals surface area contributed by atoms with Crippen molar-refractivity contribution in [2.24, 2.45) is 0 Å². The molecule has 2 N–H and O–H groups in total. The molecule has 0 fully saturated rings. The van der Waals surface area contributed by atoms with Gasteiger partial charge in [0.2, 0.25) is 0 Å². The first-order valence-electron chi connectivity index (χ1n) is 9.79. The number of aromatic hydroxyl groups is 1. The van der Waals surface area contributed by atoms with Crippen LogP contribution in [0.2, 0.25) is 0 Å². The van der Waals surface area contributed by atoms with Crippen LogP contribution in [0.5, 0.6) is 6.01 Å². The SMILES string of the molecule is CCCCCn1nc(O)nc1Cc1ccc(-c2ccccc2-c2nnn[nH]2)cc1. The van der Waals surface area contributed by atoms with Gasteiger partial charge < -0.3 is 5.11 Å². The van der Waals surface area contributed by atoms with E-state index in [0.29, 0.717) is 12.2 Å². The molecule has 2 heterocycles. The van der Waals surface area contributed by atoms with Crippen molar-refractivity contribution in [2.75, 3.05) is 0 Å². The normalized spacial score (nSPS) is 11.1. The Hall–Kier alpha value is -3.55. The summed E-state index contributed by atoms with van der Waals surface area (Å²) < 4.78 is 1.81. The molecular formula is C21H23N7O. The molecule has 0 aliphatic rings. The molecule has 0 bridgehead atoms. The number of benzene rings is 2. The molecule has 0 atom stereocenters. The van der Waals surface area contributed by atoms with Crippen LogP contribution < -0.4 is 0 Å². The van der Waals surface area contributed by atoms with Crippen molar-refractivity contribution in [3.8, 4) is 28.5 Å². The maximum absolute atomic E-state index is 9.72. The fraction of sp³-hybridized carbons (Fsp3) is 0.286. The number of aryl methyl sites for hydroxylation is 1. The van der Waals surface area contributed by atoms with Gasteiger partial charge in [0, 0.05) is 18.5 Å². The second-order valence-corrected chi connectivity index (χ2v) is 6.93. The third kappa shape index (κ3) is 4.31. The Morgan fingerprint density at radius 1 is 1.00 bits per heavy atom. The highest BCUT2D eigenvalue weighted by Gasteiger charge is 2.12. The summed E-state index contributed by atoms with van der Waals surface area (Å²) in [4.78, 5) is 4.19. The highest BCUT2D eigenvalue weighted by molar-refractivity contribution is 5.80. The molecule has 0 aliphatic carbocycles. The highest BCUT2D eigenvalue weighted by atomic mass is 16.3. The van der Waals surface area contributed by atoms with E-state index >= 15 is 0 Å². The van der Waals surface area contributed by atoms with E-state index in [1.54, 1.807) is 0 Å². The number of aromatic nitrogens is 7. The first-order valence-corrected chi connectivity index (χ1v) is 9.79. The second kappa shape index (κ2) is 8.64. The van der Waals surface area contributed by atoms with Gasteiger partial charge in [-0.2, -0.15) is 4.98 Å². The average molecular weight is 389 g/mol. The molecule has 0 saturated heterocycles. The average Bonchev–Trinajstić information content (AvgIpc) is 3.39. The van der Waals surface area contributed by atoms with Crippen LogP contribution >= 0.6 is 0 Å². The van der Waals surface area contributed by atoms with Crippen LogP contribution in [0.4, 0.5) is 0 Å². The van der Waals surface area contributed by atoms with E-state index in [9.17, 15) is 5.11 Å². The van der Waals surface area contributed by atoms with Crippen molar-refractivity contribution in [2.45, 2.75) is 39.2 Å². The first-order chi connectivity index (χ1) is 14.2. The summed E-state index contributed by atoms with van der Waals surface area (Å²) in [7, 11) is 0. The van der Waals surface area contributed by atoms with Crippen molar-refractivity contribution in [3.63, 3.8) is 0 Å². The number of nitrogens with zero attached hydrogens (tertiary/aromatic N) is 6. The Morgan fingerprint density at radius 2 is 1.79 bits per heavy atom. The molecule has 2 aromatic carbocycles. The molecule has 0 aliphatic heterocycles. The van der Waals surface area contributed by atoms with Gasteiger partial charge in [-0.25, -0.2) is 9.78 Å². The number of tetrazole rings is 1. The summed E-state index contributed by atoms with van der Waals surface area (Å²) >= 11 is 0. The fourth-order valence-corrected chi connectivity index (χ4v) is 3.38. The Morgan fingerprint density at radius 3 is 2.52 bits per heavy atom. The van der Waals surface area contributed by atoms with Gasteiger partial charge in [-0.15, -0.1) is 10.2 Å². The number of unbranched alkanes of at least 4 members (excludes halogenated alkanes) is 2. The largest absolute Gasteiger partial charge is 0.478 e. The summed E-state index contributed by atoms with van der Waals surface area (Å²) in [5, 5.41) is 28.0. The van der Waals surface area contributed by atoms with Crippen molar-refractivity contribution >= 4 is 0 Å². The zero-order chi connectivity index (χ0) is 20.1. The fourth-order valence-electron chi connectivity index (χ4n) is 3.38. The van der Waals surface area contributed by atoms with Gasteiger partial charge in [0.05, 0.1) is 0 Å². The van der Waals surface area contributed by atoms with Crippen LogP contribution in [0.3, 0.4) is 0 Å². The minimum Gasteiger partial charge on any atom is -0.478 e. The van der Waals surface area contributed by atoms with Crippen molar-refractivity contribution in [3.05, 3.63) is 59.9 Å². The lowest BCUT2D eigenvalue weighted by atomic mass is 9.98. The number of hydrogen-bond donors (Lipinski definition) is 2. The van der Waals surface area contributed by atoms with Crippen molar-refractivity contribution in [1.82, 2.24) is 35.4 Å². The molecule has 8 heteroatoms. The van der Waals surface area contributed by atoms with Crippen molar-refractivity contribution in [1.29, 1.82) is 0 Å². The minimum atomic E-state index is -0.164. The number of nitrogens with one attached hydrogen (secondary N) is 1. The summed E-state index contributed by atoms with van der Waals surface area (Å²) in [6, 6.07) is 16.2. The molecular weight excluding hydrogens is 366 g/mol. The third-order valence-electron chi connectivity index (χ3n) is 4.87. The summed E-state index contributed by atoms with van der Waals surface area (Å²) in [5.41, 5.74) is 4.19. The maximum atomic E-state index is 9.72. The Labute approximate surface area is 168 Å². The predicted octanol–water partition coefficient (Wildman–Crippen LogP) is 3.61. The first kappa shape index (κ1) is 18.8. The van der Waals surface area contributed by atoms with Gasteiger partial charge in [0.25, 0.3) is 0 Å². The lowest BCUT2D eigenvalue weighted by Gasteiger charge is -2.09. The van der Waals surface area contributed by atoms with E-state index in [-0.39, 0.29) is 6.01 Å². The highest BCUT2D eigenvalue weighted by Crippen LogP contribution is 2.30. The van der Waals surface area contributed by atoms with Gasteiger partial charge in [0.15, 0.2) is 5.82 Å². The van der Waals surface area contributed by atoms with Gasteiger partial charge in [-0.3, -0.25) is 0 Å². The van der Waals surface area contributed by atoms with Crippen LogP contribution in [-0.2, 0) is 13.0 Å². The molecule has 0 unspecified atom stereocenters. The van der Waals surface area contributed by atoms with Crippen LogP contribution in [0.1, 0.15) is 37.6 Å². The molecule has 4 aromatic rings. The van der Waals surface area contributed by atoms with Gasteiger partial charge >= 0.3 is 6.01 Å². The van der Waals surface area contributed by atoms with Crippen LogP contribution in [-0.4, -0.2) is 40.5 Å². The van der Waals surface area contributed by atoms with Crippen LogP contribution in [0.15, 0.2) is 48.5 Å². The molecule has 148 valence electrons. The minimum absolute atomic E-state index is 0.164. The Balaban J connectivity index is 1.54. The van der Waals surface area contributed by atoms with Gasteiger partial charge in [0.1, 0.15) is 5.82 Å². The predicted molar refractivity (Wildman–Crippen MR) is 109 cm³/mol. The van der Waals surface area contributed by atoms with Gasteiger partial charge in [-0.1, -0.05) is 68.3 Å². The topological polar surface area (TPSA) is 105 Å². The Kier molecular flexibility index (Phi) is 5.60.